The molecule has 0 saturated carbocycles. The molecular weight excluding hydrogens is 190 g/mol. The fourth-order valence-electron chi connectivity index (χ4n) is 1.14. The van der Waals surface area contributed by atoms with Crippen molar-refractivity contribution >= 4 is 5.82 Å². The lowest BCUT2D eigenvalue weighted by molar-refractivity contribution is 0.350. The van der Waals surface area contributed by atoms with Gasteiger partial charge >= 0.3 is 0 Å². The molecule has 0 atom stereocenters. The van der Waals surface area contributed by atoms with Gasteiger partial charge in [-0.2, -0.15) is 4.98 Å². The van der Waals surface area contributed by atoms with E-state index in [4.69, 9.17) is 16.9 Å². The van der Waals surface area contributed by atoms with E-state index >= 15 is 0 Å². The smallest absolute Gasteiger partial charge is 0.222 e. The van der Waals surface area contributed by atoms with Gasteiger partial charge in [-0.15, -0.1) is 6.42 Å². The molecule has 80 valence electrons. The third-order valence-corrected chi connectivity index (χ3v) is 1.95. The number of hydrogen-bond donors (Lipinski definition) is 1. The van der Waals surface area contributed by atoms with Crippen LogP contribution in [0.3, 0.4) is 0 Å². The molecule has 1 aromatic rings. The van der Waals surface area contributed by atoms with Gasteiger partial charge in [-0.05, 0) is 13.3 Å². The van der Waals surface area contributed by atoms with E-state index in [0.717, 1.165) is 18.4 Å². The van der Waals surface area contributed by atoms with Gasteiger partial charge in [0.15, 0.2) is 6.61 Å². The van der Waals surface area contributed by atoms with Crippen molar-refractivity contribution in [1.29, 1.82) is 0 Å². The minimum atomic E-state index is 0.197. The zero-order valence-corrected chi connectivity index (χ0v) is 9.08. The van der Waals surface area contributed by atoms with Crippen LogP contribution in [0.2, 0.25) is 0 Å². The van der Waals surface area contributed by atoms with E-state index in [9.17, 15) is 0 Å². The highest BCUT2D eigenvalue weighted by Crippen LogP contribution is 2.19. The summed E-state index contributed by atoms with van der Waals surface area (Å²) in [4.78, 5) is 8.42. The van der Waals surface area contributed by atoms with Gasteiger partial charge in [0.2, 0.25) is 5.88 Å². The quantitative estimate of drug-likeness (QED) is 0.753. The van der Waals surface area contributed by atoms with E-state index in [1.54, 1.807) is 0 Å². The van der Waals surface area contributed by atoms with Crippen molar-refractivity contribution in [2.24, 2.45) is 0 Å². The van der Waals surface area contributed by atoms with Gasteiger partial charge < -0.3 is 10.5 Å². The lowest BCUT2D eigenvalue weighted by atomic mass is 10.3. The molecule has 0 fully saturated rings. The average molecular weight is 205 g/mol. The van der Waals surface area contributed by atoms with Crippen molar-refractivity contribution in [3.05, 3.63) is 11.4 Å². The molecule has 0 spiro atoms. The first-order valence-electron chi connectivity index (χ1n) is 4.88. The van der Waals surface area contributed by atoms with Crippen molar-refractivity contribution in [3.63, 3.8) is 0 Å². The third-order valence-electron chi connectivity index (χ3n) is 1.95. The normalized spacial score (nSPS) is 9.67. The molecule has 0 aliphatic carbocycles. The van der Waals surface area contributed by atoms with Crippen LogP contribution >= 0.6 is 0 Å². The first-order valence-corrected chi connectivity index (χ1v) is 4.88. The monoisotopic (exact) mass is 205 g/mol. The Morgan fingerprint density at radius 2 is 2.20 bits per heavy atom. The van der Waals surface area contributed by atoms with Crippen LogP contribution in [0.5, 0.6) is 5.88 Å². The molecule has 2 N–H and O–H groups in total. The molecule has 0 aliphatic heterocycles. The van der Waals surface area contributed by atoms with Gasteiger partial charge in [-0.25, -0.2) is 4.98 Å². The van der Waals surface area contributed by atoms with Gasteiger partial charge in [0.1, 0.15) is 11.6 Å². The van der Waals surface area contributed by atoms with Crippen molar-refractivity contribution in [2.75, 3.05) is 12.3 Å². The number of terminal acetylenes is 1. The zero-order valence-electron chi connectivity index (χ0n) is 9.08. The van der Waals surface area contributed by atoms with E-state index in [2.05, 4.69) is 22.8 Å². The maximum atomic E-state index is 5.74. The molecule has 0 saturated heterocycles. The topological polar surface area (TPSA) is 61.0 Å². The van der Waals surface area contributed by atoms with Gasteiger partial charge in [0.25, 0.3) is 0 Å². The highest BCUT2D eigenvalue weighted by Gasteiger charge is 2.08. The van der Waals surface area contributed by atoms with Crippen molar-refractivity contribution < 1.29 is 4.74 Å². The summed E-state index contributed by atoms with van der Waals surface area (Å²) in [7, 11) is 0. The molecule has 1 aromatic heterocycles. The molecule has 0 radical (unpaired) electrons. The van der Waals surface area contributed by atoms with Gasteiger partial charge in [-0.1, -0.05) is 12.8 Å². The zero-order chi connectivity index (χ0) is 11.3. The second-order valence-corrected chi connectivity index (χ2v) is 3.20. The van der Waals surface area contributed by atoms with Crippen LogP contribution in [0.25, 0.3) is 0 Å². The number of rotatable bonds is 4. The van der Waals surface area contributed by atoms with Crippen molar-refractivity contribution in [2.45, 2.75) is 26.7 Å². The Kier molecular flexibility index (Phi) is 3.92. The minimum Gasteiger partial charge on any atom is -0.464 e. The molecule has 4 nitrogen and oxygen atoms in total. The maximum absolute atomic E-state index is 5.74. The number of nitrogens with two attached hydrogens (primary N) is 1. The molecular formula is C11H15N3O. The number of ether oxygens (including phenoxy) is 1. The molecule has 1 rings (SSSR count). The Morgan fingerprint density at radius 1 is 1.47 bits per heavy atom. The average Bonchev–Trinajstić information content (AvgIpc) is 2.21. The maximum Gasteiger partial charge on any atom is 0.222 e. The van der Waals surface area contributed by atoms with Crippen LogP contribution < -0.4 is 10.5 Å². The van der Waals surface area contributed by atoms with E-state index in [1.165, 1.54) is 0 Å². The number of anilines is 1. The summed E-state index contributed by atoms with van der Waals surface area (Å²) in [6, 6.07) is 0. The van der Waals surface area contributed by atoms with Crippen LogP contribution in [0.15, 0.2) is 0 Å². The fourth-order valence-corrected chi connectivity index (χ4v) is 1.14. The number of nitrogens with zero attached hydrogens (tertiary/aromatic N) is 2. The summed E-state index contributed by atoms with van der Waals surface area (Å²) in [5.41, 5.74) is 6.48. The molecule has 0 unspecified atom stereocenters. The Hall–Kier alpha value is -1.76. The van der Waals surface area contributed by atoms with Crippen LogP contribution in [0.1, 0.15) is 24.7 Å². The first kappa shape index (κ1) is 11.3. The van der Waals surface area contributed by atoms with Crippen LogP contribution in [-0.2, 0) is 6.42 Å². The molecule has 1 heterocycles. The summed E-state index contributed by atoms with van der Waals surface area (Å²) in [6.07, 6.45) is 6.87. The van der Waals surface area contributed by atoms with Crippen molar-refractivity contribution in [1.82, 2.24) is 9.97 Å². The second kappa shape index (κ2) is 5.20. The predicted molar refractivity (Wildman–Crippen MR) is 59.5 cm³/mol. The summed E-state index contributed by atoms with van der Waals surface area (Å²) in [5, 5.41) is 0. The molecule has 15 heavy (non-hydrogen) atoms. The van der Waals surface area contributed by atoms with E-state index in [0.29, 0.717) is 17.5 Å². The van der Waals surface area contributed by atoms with Crippen LogP contribution in [-0.4, -0.2) is 16.6 Å². The highest BCUT2D eigenvalue weighted by atomic mass is 16.5. The van der Waals surface area contributed by atoms with E-state index in [-0.39, 0.29) is 6.61 Å². The second-order valence-electron chi connectivity index (χ2n) is 3.20. The predicted octanol–water partition coefficient (Wildman–Crippen LogP) is 1.33. The number of aryl methyl sites for hydroxylation is 1. The lowest BCUT2D eigenvalue weighted by Crippen LogP contribution is -2.07. The molecule has 0 aliphatic rings. The van der Waals surface area contributed by atoms with E-state index < -0.39 is 0 Å². The van der Waals surface area contributed by atoms with Gasteiger partial charge in [0.05, 0.1) is 5.56 Å². The van der Waals surface area contributed by atoms with Crippen LogP contribution in [0, 0.1) is 19.3 Å². The number of hydrogen-bond acceptors (Lipinski definition) is 4. The first-order chi connectivity index (χ1) is 7.19. The lowest BCUT2D eigenvalue weighted by Gasteiger charge is -2.08. The summed E-state index contributed by atoms with van der Waals surface area (Å²) in [6.45, 7) is 4.07. The molecule has 0 aromatic carbocycles. The van der Waals surface area contributed by atoms with Gasteiger partial charge in [0, 0.05) is 6.42 Å². The summed E-state index contributed by atoms with van der Waals surface area (Å²) in [5.74, 6) is 4.04. The number of aromatic nitrogens is 2. The Labute approximate surface area is 89.9 Å². The van der Waals surface area contributed by atoms with Crippen LogP contribution in [0.4, 0.5) is 5.82 Å². The fraction of sp³-hybridized carbons (Fsp3) is 0.455. The Bertz CT molecular complexity index is 382. The molecule has 4 heteroatoms. The SMILES string of the molecule is C#CCOc1nc(CCC)nc(N)c1C. The largest absolute Gasteiger partial charge is 0.464 e. The summed E-state index contributed by atoms with van der Waals surface area (Å²) >= 11 is 0. The standard InChI is InChI=1S/C11H15N3O/c1-4-6-9-13-10(12)8(3)11(14-9)15-7-5-2/h2H,4,6-7H2,1,3H3,(H2,12,13,14). The highest BCUT2D eigenvalue weighted by molar-refractivity contribution is 5.44. The minimum absolute atomic E-state index is 0.197. The van der Waals surface area contributed by atoms with E-state index in [1.807, 2.05) is 6.92 Å². The van der Waals surface area contributed by atoms with Crippen molar-refractivity contribution in [3.8, 4) is 18.2 Å². The van der Waals surface area contributed by atoms with Gasteiger partial charge in [-0.3, -0.25) is 0 Å². The third kappa shape index (κ3) is 2.84. The number of nitrogen functional groups attached to an aromatic ring is 1. The molecule has 0 amide bonds. The Balaban J connectivity index is 2.97. The summed E-state index contributed by atoms with van der Waals surface area (Å²) < 4.78 is 5.29. The Morgan fingerprint density at radius 3 is 2.80 bits per heavy atom. The molecule has 0 bridgehead atoms.